The van der Waals surface area contributed by atoms with Crippen molar-refractivity contribution in [3.63, 3.8) is 0 Å². The van der Waals surface area contributed by atoms with Gasteiger partial charge in [-0.2, -0.15) is 0 Å². The third kappa shape index (κ3) is 4.13. The number of carbonyl (C=O) groups is 1. The van der Waals surface area contributed by atoms with Crippen molar-refractivity contribution in [1.29, 1.82) is 0 Å². The molecule has 0 bridgehead atoms. The summed E-state index contributed by atoms with van der Waals surface area (Å²) < 4.78 is 2.20. The third-order valence-electron chi connectivity index (χ3n) is 4.94. The van der Waals surface area contributed by atoms with Crippen molar-refractivity contribution < 1.29 is 4.79 Å². The van der Waals surface area contributed by atoms with Crippen molar-refractivity contribution in [3.05, 3.63) is 11.6 Å². The summed E-state index contributed by atoms with van der Waals surface area (Å²) in [6.45, 7) is 8.96. The summed E-state index contributed by atoms with van der Waals surface area (Å²) in [5.41, 5.74) is 0. The van der Waals surface area contributed by atoms with Crippen LogP contribution < -0.4 is 16.0 Å². The lowest BCUT2D eigenvalue weighted by molar-refractivity contribution is -0.126. The van der Waals surface area contributed by atoms with E-state index < -0.39 is 0 Å². The molecule has 134 valence electrons. The molecule has 1 aromatic heterocycles. The van der Waals surface area contributed by atoms with E-state index in [1.165, 1.54) is 0 Å². The van der Waals surface area contributed by atoms with Gasteiger partial charge in [-0.05, 0) is 38.3 Å². The normalized spacial score (nSPS) is 20.5. The number of carbonyl (C=O) groups excluding carboxylic acids is 1. The zero-order chi connectivity index (χ0) is 16.9. The molecule has 2 aliphatic rings. The molecule has 3 heterocycles. The molecule has 1 unspecified atom stereocenters. The molecule has 1 atom stereocenters. The van der Waals surface area contributed by atoms with Gasteiger partial charge in [-0.3, -0.25) is 4.79 Å². The van der Waals surface area contributed by atoms with Crippen LogP contribution in [0.15, 0.2) is 0 Å². The van der Waals surface area contributed by atoms with Crippen molar-refractivity contribution >= 4 is 5.91 Å². The Hall–Kier alpha value is -1.47. The van der Waals surface area contributed by atoms with Gasteiger partial charge < -0.3 is 20.5 Å². The highest BCUT2D eigenvalue weighted by molar-refractivity contribution is 5.79. The number of hydrogen-bond acceptors (Lipinski definition) is 5. The molecular weight excluding hydrogens is 304 g/mol. The van der Waals surface area contributed by atoms with E-state index in [4.69, 9.17) is 0 Å². The summed E-state index contributed by atoms with van der Waals surface area (Å²) in [6.07, 6.45) is 3.62. The minimum absolute atomic E-state index is 0.0493. The molecule has 0 saturated carbocycles. The molecule has 0 aliphatic carbocycles. The summed E-state index contributed by atoms with van der Waals surface area (Å²) in [5, 5.41) is 18.8. The van der Waals surface area contributed by atoms with Gasteiger partial charge >= 0.3 is 0 Å². The van der Waals surface area contributed by atoms with Crippen LogP contribution in [0.1, 0.15) is 50.8 Å². The zero-order valence-electron chi connectivity index (χ0n) is 14.8. The number of piperidine rings is 1. The number of nitrogens with one attached hydrogen (secondary N) is 3. The first-order valence-electron chi connectivity index (χ1n) is 9.29. The molecule has 1 fully saturated rings. The van der Waals surface area contributed by atoms with E-state index in [2.05, 4.69) is 44.6 Å². The number of fused-ring (bicyclic) bond motifs is 1. The standard InChI is InChI=1S/C17H30N6O/c1-12(2)11-14(20-17(24)13-3-6-18-7-4-13)16-22-21-15-5-8-19-9-10-23(15)16/h12-14,18-19H,3-11H2,1-2H3,(H,20,24). The Kier molecular flexibility index (Phi) is 5.84. The van der Waals surface area contributed by atoms with Gasteiger partial charge in [0.25, 0.3) is 0 Å². The molecule has 0 radical (unpaired) electrons. The second kappa shape index (κ2) is 8.07. The van der Waals surface area contributed by atoms with Crippen LogP contribution >= 0.6 is 0 Å². The largest absolute Gasteiger partial charge is 0.346 e. The average molecular weight is 334 g/mol. The molecule has 1 saturated heterocycles. The van der Waals surface area contributed by atoms with Gasteiger partial charge in [0.1, 0.15) is 5.82 Å². The van der Waals surface area contributed by atoms with Crippen LogP contribution in [0.25, 0.3) is 0 Å². The summed E-state index contributed by atoms with van der Waals surface area (Å²) in [5.74, 6) is 2.73. The third-order valence-corrected chi connectivity index (χ3v) is 4.94. The molecular formula is C17H30N6O. The Bertz CT molecular complexity index is 549. The quantitative estimate of drug-likeness (QED) is 0.735. The first-order valence-corrected chi connectivity index (χ1v) is 9.29. The second-order valence-corrected chi connectivity index (χ2v) is 7.34. The van der Waals surface area contributed by atoms with E-state index in [9.17, 15) is 4.79 Å². The van der Waals surface area contributed by atoms with Crippen LogP contribution in [-0.2, 0) is 17.8 Å². The predicted octanol–water partition coefficient (Wildman–Crippen LogP) is 0.627. The van der Waals surface area contributed by atoms with Crippen molar-refractivity contribution in [2.75, 3.05) is 26.2 Å². The summed E-state index contributed by atoms with van der Waals surface area (Å²) >= 11 is 0. The Morgan fingerprint density at radius 3 is 2.71 bits per heavy atom. The number of aromatic nitrogens is 3. The van der Waals surface area contributed by atoms with Crippen LogP contribution in [0.3, 0.4) is 0 Å². The van der Waals surface area contributed by atoms with Gasteiger partial charge in [0.15, 0.2) is 5.82 Å². The van der Waals surface area contributed by atoms with Gasteiger partial charge in [-0.25, -0.2) is 0 Å². The topological polar surface area (TPSA) is 83.9 Å². The van der Waals surface area contributed by atoms with E-state index in [1.807, 2.05) is 0 Å². The monoisotopic (exact) mass is 334 g/mol. The molecule has 1 aromatic rings. The van der Waals surface area contributed by atoms with Crippen LogP contribution in [-0.4, -0.2) is 46.9 Å². The van der Waals surface area contributed by atoms with E-state index >= 15 is 0 Å². The second-order valence-electron chi connectivity index (χ2n) is 7.34. The maximum atomic E-state index is 12.7. The highest BCUT2D eigenvalue weighted by atomic mass is 16.2. The zero-order valence-corrected chi connectivity index (χ0v) is 14.8. The lowest BCUT2D eigenvalue weighted by Crippen LogP contribution is -2.40. The van der Waals surface area contributed by atoms with Crippen LogP contribution in [0.2, 0.25) is 0 Å². The average Bonchev–Trinajstić information content (AvgIpc) is 2.83. The van der Waals surface area contributed by atoms with Crippen LogP contribution in [0.5, 0.6) is 0 Å². The molecule has 1 amide bonds. The van der Waals surface area contributed by atoms with E-state index in [0.717, 1.165) is 70.1 Å². The minimum atomic E-state index is -0.0493. The lowest BCUT2D eigenvalue weighted by Gasteiger charge is -2.26. The molecule has 7 nitrogen and oxygen atoms in total. The molecule has 0 aromatic carbocycles. The van der Waals surface area contributed by atoms with Crippen molar-refractivity contribution in [2.24, 2.45) is 11.8 Å². The highest BCUT2D eigenvalue weighted by Crippen LogP contribution is 2.23. The van der Waals surface area contributed by atoms with Gasteiger partial charge in [-0.15, -0.1) is 10.2 Å². The van der Waals surface area contributed by atoms with Crippen LogP contribution in [0.4, 0.5) is 0 Å². The van der Waals surface area contributed by atoms with Crippen molar-refractivity contribution in [1.82, 2.24) is 30.7 Å². The first kappa shape index (κ1) is 17.4. The Labute approximate surface area is 144 Å². The predicted molar refractivity (Wildman–Crippen MR) is 92.5 cm³/mol. The van der Waals surface area contributed by atoms with E-state index in [-0.39, 0.29) is 17.9 Å². The molecule has 2 aliphatic heterocycles. The van der Waals surface area contributed by atoms with Crippen molar-refractivity contribution in [3.8, 4) is 0 Å². The number of nitrogens with zero attached hydrogens (tertiary/aromatic N) is 3. The Morgan fingerprint density at radius 1 is 1.21 bits per heavy atom. The van der Waals surface area contributed by atoms with E-state index in [1.54, 1.807) is 0 Å². The first-order chi connectivity index (χ1) is 11.6. The maximum absolute atomic E-state index is 12.7. The smallest absolute Gasteiger partial charge is 0.223 e. The van der Waals surface area contributed by atoms with Gasteiger partial charge in [0.05, 0.1) is 6.04 Å². The molecule has 3 rings (SSSR count). The number of hydrogen-bond donors (Lipinski definition) is 3. The fraction of sp³-hybridized carbons (Fsp3) is 0.824. The Morgan fingerprint density at radius 2 is 1.96 bits per heavy atom. The highest BCUT2D eigenvalue weighted by Gasteiger charge is 2.28. The maximum Gasteiger partial charge on any atom is 0.223 e. The molecule has 3 N–H and O–H groups in total. The Balaban J connectivity index is 1.76. The summed E-state index contributed by atoms with van der Waals surface area (Å²) in [7, 11) is 0. The minimum Gasteiger partial charge on any atom is -0.346 e. The molecule has 7 heteroatoms. The van der Waals surface area contributed by atoms with Crippen LogP contribution in [0, 0.1) is 11.8 Å². The number of amides is 1. The van der Waals surface area contributed by atoms with Gasteiger partial charge in [0, 0.05) is 32.0 Å². The van der Waals surface area contributed by atoms with Gasteiger partial charge in [0.2, 0.25) is 5.91 Å². The van der Waals surface area contributed by atoms with E-state index in [0.29, 0.717) is 5.92 Å². The van der Waals surface area contributed by atoms with Gasteiger partial charge in [-0.1, -0.05) is 13.8 Å². The number of rotatable bonds is 5. The lowest BCUT2D eigenvalue weighted by atomic mass is 9.95. The SMILES string of the molecule is CC(C)CC(NC(=O)C1CCNCC1)c1nnc2n1CCNCC2. The molecule has 24 heavy (non-hydrogen) atoms. The fourth-order valence-corrected chi connectivity index (χ4v) is 3.63. The summed E-state index contributed by atoms with van der Waals surface area (Å²) in [6, 6.07) is -0.0493. The van der Waals surface area contributed by atoms with Crippen molar-refractivity contribution in [2.45, 2.75) is 52.1 Å². The summed E-state index contributed by atoms with van der Waals surface area (Å²) in [4.78, 5) is 12.7. The fourth-order valence-electron chi connectivity index (χ4n) is 3.63. The molecule has 0 spiro atoms.